The standard InChI is InChI=1S/C14H13N3S2/c1-16-6-4-10-8(7-16)11-9-3-2-5-17(9)13(15)12(11)14(18)19-10/h2-3,5,15H,4,6-7H2,1H3. The van der Waals surface area contributed by atoms with Gasteiger partial charge in [-0.15, -0.1) is 11.3 Å². The van der Waals surface area contributed by atoms with Crippen molar-refractivity contribution in [2.24, 2.45) is 0 Å². The molecule has 0 aliphatic carbocycles. The van der Waals surface area contributed by atoms with Crippen molar-refractivity contribution in [3.05, 3.63) is 38.2 Å². The fourth-order valence-corrected chi connectivity index (χ4v) is 4.53. The maximum Gasteiger partial charge on any atom is 0.139 e. The lowest BCUT2D eigenvalue weighted by Crippen LogP contribution is -2.26. The van der Waals surface area contributed by atoms with Gasteiger partial charge in [-0.3, -0.25) is 5.41 Å². The quantitative estimate of drug-likeness (QED) is 0.644. The first kappa shape index (κ1) is 11.5. The molecule has 0 saturated heterocycles. The summed E-state index contributed by atoms with van der Waals surface area (Å²) >= 11 is 7.23. The van der Waals surface area contributed by atoms with Crippen molar-refractivity contribution < 1.29 is 0 Å². The van der Waals surface area contributed by atoms with Gasteiger partial charge in [0.05, 0.1) is 11.3 Å². The minimum absolute atomic E-state index is 0.535. The van der Waals surface area contributed by atoms with Crippen LogP contribution < -0.4 is 0 Å². The first-order valence-electron chi connectivity index (χ1n) is 6.31. The van der Waals surface area contributed by atoms with E-state index in [0.29, 0.717) is 5.84 Å². The van der Waals surface area contributed by atoms with Gasteiger partial charge < -0.3 is 9.47 Å². The Labute approximate surface area is 120 Å². The van der Waals surface area contributed by atoms with Crippen LogP contribution in [0.2, 0.25) is 0 Å². The molecule has 0 unspecified atom stereocenters. The fraction of sp³-hybridized carbons (Fsp3) is 0.286. The molecular weight excluding hydrogens is 274 g/mol. The van der Waals surface area contributed by atoms with Gasteiger partial charge in [-0.1, -0.05) is 12.2 Å². The number of aromatic nitrogens is 1. The Morgan fingerprint density at radius 3 is 3.05 bits per heavy atom. The zero-order valence-corrected chi connectivity index (χ0v) is 12.2. The maximum atomic E-state index is 8.33. The summed E-state index contributed by atoms with van der Waals surface area (Å²) in [6, 6.07) is 4.10. The largest absolute Gasteiger partial charge is 0.302 e. The second-order valence-electron chi connectivity index (χ2n) is 5.14. The normalized spacial score (nSPS) is 17.2. The summed E-state index contributed by atoms with van der Waals surface area (Å²) in [5.41, 5.74) is 4.68. The summed E-state index contributed by atoms with van der Waals surface area (Å²) in [6.07, 6.45) is 3.03. The number of hydrogen-bond acceptors (Lipinski definition) is 4. The van der Waals surface area contributed by atoms with Crippen LogP contribution in [0.5, 0.6) is 0 Å². The fourth-order valence-electron chi connectivity index (χ4n) is 3.03. The molecule has 2 aromatic rings. The van der Waals surface area contributed by atoms with Crippen LogP contribution in [0.15, 0.2) is 18.3 Å². The van der Waals surface area contributed by atoms with E-state index in [4.69, 9.17) is 17.6 Å². The average molecular weight is 287 g/mol. The molecule has 4 heterocycles. The number of rotatable bonds is 0. The van der Waals surface area contributed by atoms with Crippen LogP contribution in [0.25, 0.3) is 11.3 Å². The summed E-state index contributed by atoms with van der Waals surface area (Å²) in [4.78, 5) is 3.75. The molecule has 5 heteroatoms. The third kappa shape index (κ3) is 1.46. The number of nitrogens with one attached hydrogen (secondary N) is 1. The highest BCUT2D eigenvalue weighted by atomic mass is 32.1. The van der Waals surface area contributed by atoms with Gasteiger partial charge in [0.15, 0.2) is 0 Å². The zero-order valence-electron chi connectivity index (χ0n) is 10.6. The maximum absolute atomic E-state index is 8.33. The first-order chi connectivity index (χ1) is 9.16. The molecule has 0 fully saturated rings. The molecule has 0 bridgehead atoms. The Bertz CT molecular complexity index is 769. The van der Waals surface area contributed by atoms with Crippen LogP contribution in [-0.2, 0) is 13.0 Å². The van der Waals surface area contributed by atoms with E-state index < -0.39 is 0 Å². The molecule has 0 saturated carbocycles. The van der Waals surface area contributed by atoms with Crippen LogP contribution in [0.3, 0.4) is 0 Å². The molecule has 0 spiro atoms. The van der Waals surface area contributed by atoms with Gasteiger partial charge in [-0.25, -0.2) is 0 Å². The van der Waals surface area contributed by atoms with E-state index >= 15 is 0 Å². The van der Waals surface area contributed by atoms with Crippen LogP contribution in [0, 0.1) is 9.23 Å². The Balaban J connectivity index is 2.11. The van der Waals surface area contributed by atoms with Gasteiger partial charge in [0.25, 0.3) is 0 Å². The van der Waals surface area contributed by atoms with E-state index in [0.717, 1.165) is 34.6 Å². The lowest BCUT2D eigenvalue weighted by atomic mass is 9.99. The van der Waals surface area contributed by atoms with E-state index in [1.165, 1.54) is 16.0 Å². The summed E-state index contributed by atoms with van der Waals surface area (Å²) in [5, 5.41) is 8.33. The van der Waals surface area contributed by atoms with Crippen molar-refractivity contribution in [2.45, 2.75) is 13.0 Å². The van der Waals surface area contributed by atoms with Crippen LogP contribution >= 0.6 is 23.6 Å². The number of fused-ring (bicyclic) bond motifs is 5. The lowest BCUT2D eigenvalue weighted by Gasteiger charge is -2.26. The van der Waals surface area contributed by atoms with Crippen LogP contribution in [0.1, 0.15) is 16.0 Å². The molecular formula is C14H13N3S2. The monoisotopic (exact) mass is 287 g/mol. The smallest absolute Gasteiger partial charge is 0.139 e. The van der Waals surface area contributed by atoms with E-state index in [1.54, 1.807) is 11.3 Å². The molecule has 19 heavy (non-hydrogen) atoms. The minimum atomic E-state index is 0.535. The van der Waals surface area contributed by atoms with Gasteiger partial charge >= 0.3 is 0 Å². The predicted molar refractivity (Wildman–Crippen MR) is 80.8 cm³/mol. The molecule has 96 valence electrons. The zero-order chi connectivity index (χ0) is 13.1. The van der Waals surface area contributed by atoms with Crippen molar-refractivity contribution in [3.63, 3.8) is 0 Å². The summed E-state index contributed by atoms with van der Waals surface area (Å²) < 4.78 is 2.81. The molecule has 1 N–H and O–H groups in total. The average Bonchev–Trinajstić information content (AvgIpc) is 2.94. The molecule has 0 atom stereocenters. The Morgan fingerprint density at radius 2 is 2.21 bits per heavy atom. The van der Waals surface area contributed by atoms with Gasteiger partial charge in [0.2, 0.25) is 0 Å². The van der Waals surface area contributed by atoms with Crippen LogP contribution in [-0.4, -0.2) is 28.9 Å². The second kappa shape index (κ2) is 3.85. The van der Waals surface area contributed by atoms with Crippen molar-refractivity contribution in [2.75, 3.05) is 13.6 Å². The van der Waals surface area contributed by atoms with Crippen LogP contribution in [0.4, 0.5) is 0 Å². The molecule has 2 aliphatic heterocycles. The molecule has 0 aromatic carbocycles. The van der Waals surface area contributed by atoms with E-state index in [2.05, 4.69) is 18.0 Å². The second-order valence-corrected chi connectivity index (χ2v) is 6.91. The Kier molecular flexibility index (Phi) is 2.33. The van der Waals surface area contributed by atoms with Gasteiger partial charge in [-0.2, -0.15) is 0 Å². The topological polar surface area (TPSA) is 32.0 Å². The van der Waals surface area contributed by atoms with Crippen molar-refractivity contribution in [1.82, 2.24) is 9.47 Å². The SMILES string of the molecule is CN1CCc2sc(=S)c3c(c2C1)-c1cccn1C3=N. The highest BCUT2D eigenvalue weighted by Crippen LogP contribution is 2.41. The Morgan fingerprint density at radius 1 is 1.37 bits per heavy atom. The molecule has 2 aliphatic rings. The summed E-state index contributed by atoms with van der Waals surface area (Å²) in [6.45, 7) is 2.05. The van der Waals surface area contributed by atoms with Crippen molar-refractivity contribution >= 4 is 29.4 Å². The lowest BCUT2D eigenvalue weighted by molar-refractivity contribution is 0.315. The third-order valence-electron chi connectivity index (χ3n) is 3.94. The molecule has 2 aromatic heterocycles. The predicted octanol–water partition coefficient (Wildman–Crippen LogP) is 3.12. The number of likely N-dealkylation sites (N-methyl/N-ethyl adjacent to an activating group) is 1. The van der Waals surface area contributed by atoms with E-state index in [1.807, 2.05) is 16.8 Å². The van der Waals surface area contributed by atoms with Gasteiger partial charge in [0, 0.05) is 29.7 Å². The first-order valence-corrected chi connectivity index (χ1v) is 7.53. The minimum Gasteiger partial charge on any atom is -0.302 e. The highest BCUT2D eigenvalue weighted by molar-refractivity contribution is 7.73. The van der Waals surface area contributed by atoms with E-state index in [9.17, 15) is 0 Å². The third-order valence-corrected chi connectivity index (χ3v) is 5.48. The summed E-state index contributed by atoms with van der Waals surface area (Å²) in [7, 11) is 2.15. The molecule has 3 nitrogen and oxygen atoms in total. The molecule has 0 radical (unpaired) electrons. The molecule has 0 amide bonds. The van der Waals surface area contributed by atoms with Gasteiger partial charge in [-0.05, 0) is 31.2 Å². The number of hydrogen-bond donors (Lipinski definition) is 1. The Hall–Kier alpha value is -1.30. The summed E-state index contributed by atoms with van der Waals surface area (Å²) in [5.74, 6) is 0.535. The van der Waals surface area contributed by atoms with Crippen molar-refractivity contribution in [1.29, 1.82) is 5.41 Å². The van der Waals surface area contributed by atoms with Crippen molar-refractivity contribution in [3.8, 4) is 11.3 Å². The highest BCUT2D eigenvalue weighted by Gasteiger charge is 2.30. The van der Waals surface area contributed by atoms with E-state index in [-0.39, 0.29) is 0 Å². The number of nitrogens with zero attached hydrogens (tertiary/aromatic N) is 2. The van der Waals surface area contributed by atoms with Gasteiger partial charge in [0.1, 0.15) is 9.66 Å². The molecule has 4 rings (SSSR count).